The van der Waals surface area contributed by atoms with Crippen LogP contribution in [0.3, 0.4) is 0 Å². The molecule has 1 rings (SSSR count). The fraction of sp³-hybridized carbons (Fsp3) is 1.00. The van der Waals surface area contributed by atoms with Crippen molar-refractivity contribution >= 4 is 0 Å². The molecular weight excluding hydrogens is 232 g/mol. The minimum atomic E-state index is 0.258. The largest absolute Gasteiger partial charge is 0.312 e. The van der Waals surface area contributed by atoms with Gasteiger partial charge in [-0.3, -0.25) is 0 Å². The van der Waals surface area contributed by atoms with Crippen LogP contribution in [-0.2, 0) is 0 Å². The Kier molecular flexibility index (Phi) is 6.82. The highest BCUT2D eigenvalue weighted by Crippen LogP contribution is 2.28. The number of hydrogen-bond acceptors (Lipinski definition) is 2. The molecule has 2 heteroatoms. The molecule has 0 aliphatic heterocycles. The Morgan fingerprint density at radius 2 is 1.95 bits per heavy atom. The van der Waals surface area contributed by atoms with E-state index in [0.717, 1.165) is 24.5 Å². The first-order valence-electron chi connectivity index (χ1n) is 8.26. The molecule has 1 saturated carbocycles. The van der Waals surface area contributed by atoms with Crippen molar-refractivity contribution in [2.75, 3.05) is 13.6 Å². The summed E-state index contributed by atoms with van der Waals surface area (Å²) < 4.78 is 0. The summed E-state index contributed by atoms with van der Waals surface area (Å²) in [4.78, 5) is 2.65. The maximum atomic E-state index is 3.58. The molecule has 0 aromatic rings. The van der Waals surface area contributed by atoms with Crippen LogP contribution in [0.5, 0.6) is 0 Å². The zero-order chi connectivity index (χ0) is 14.5. The second-order valence-corrected chi connectivity index (χ2v) is 7.76. The van der Waals surface area contributed by atoms with Gasteiger partial charge in [-0.15, -0.1) is 0 Å². The van der Waals surface area contributed by atoms with Gasteiger partial charge in [-0.2, -0.15) is 0 Å². The summed E-state index contributed by atoms with van der Waals surface area (Å²) in [6.07, 6.45) is 8.27. The van der Waals surface area contributed by atoms with Gasteiger partial charge in [0, 0.05) is 17.6 Å². The van der Waals surface area contributed by atoms with Gasteiger partial charge in [0.05, 0.1) is 0 Å². The molecule has 1 N–H and O–H groups in total. The van der Waals surface area contributed by atoms with Gasteiger partial charge in [0.15, 0.2) is 0 Å². The maximum absolute atomic E-state index is 3.58. The molecule has 1 aliphatic carbocycles. The van der Waals surface area contributed by atoms with Crippen molar-refractivity contribution in [1.82, 2.24) is 10.2 Å². The molecule has 0 aromatic heterocycles. The Morgan fingerprint density at radius 3 is 2.53 bits per heavy atom. The molecule has 0 aromatic carbocycles. The number of nitrogens with one attached hydrogen (secondary N) is 1. The van der Waals surface area contributed by atoms with E-state index in [2.05, 4.69) is 51.9 Å². The molecule has 0 radical (unpaired) electrons. The molecule has 19 heavy (non-hydrogen) atoms. The standard InChI is InChI=1S/C17H36N2/c1-14-9-7-11-16(13-14)19(6)15(2)10-8-12-18-17(3,4)5/h14-16,18H,7-13H2,1-6H3. The number of nitrogens with zero attached hydrogens (tertiary/aromatic N) is 1. The van der Waals surface area contributed by atoms with Crippen LogP contribution in [0.4, 0.5) is 0 Å². The smallest absolute Gasteiger partial charge is 0.00975 e. The van der Waals surface area contributed by atoms with Crippen LogP contribution in [-0.4, -0.2) is 36.1 Å². The van der Waals surface area contributed by atoms with E-state index in [1.54, 1.807) is 0 Å². The third kappa shape index (κ3) is 6.76. The third-order valence-electron chi connectivity index (χ3n) is 4.63. The summed E-state index contributed by atoms with van der Waals surface area (Å²) in [5.41, 5.74) is 0.258. The van der Waals surface area contributed by atoms with Gasteiger partial charge in [-0.1, -0.05) is 19.8 Å². The Hall–Kier alpha value is -0.0800. The summed E-state index contributed by atoms with van der Waals surface area (Å²) in [5.74, 6) is 0.927. The molecular formula is C17H36N2. The van der Waals surface area contributed by atoms with Gasteiger partial charge in [-0.05, 0) is 72.9 Å². The van der Waals surface area contributed by atoms with Gasteiger partial charge in [0.1, 0.15) is 0 Å². The van der Waals surface area contributed by atoms with Crippen LogP contribution < -0.4 is 5.32 Å². The molecule has 0 saturated heterocycles. The van der Waals surface area contributed by atoms with E-state index >= 15 is 0 Å². The van der Waals surface area contributed by atoms with E-state index in [4.69, 9.17) is 0 Å². The predicted octanol–water partition coefficient (Wildman–Crippen LogP) is 4.05. The van der Waals surface area contributed by atoms with Gasteiger partial charge < -0.3 is 10.2 Å². The van der Waals surface area contributed by atoms with Gasteiger partial charge >= 0.3 is 0 Å². The maximum Gasteiger partial charge on any atom is 0.00975 e. The first-order valence-corrected chi connectivity index (χ1v) is 8.26. The highest BCUT2D eigenvalue weighted by Gasteiger charge is 2.24. The van der Waals surface area contributed by atoms with Gasteiger partial charge in [-0.25, -0.2) is 0 Å². The summed E-state index contributed by atoms with van der Waals surface area (Å²) in [5, 5.41) is 3.58. The van der Waals surface area contributed by atoms with Crippen molar-refractivity contribution in [2.24, 2.45) is 5.92 Å². The summed E-state index contributed by atoms with van der Waals surface area (Å²) in [6, 6.07) is 1.55. The van der Waals surface area contributed by atoms with Crippen LogP contribution in [0, 0.1) is 5.92 Å². The first-order chi connectivity index (χ1) is 8.79. The summed E-state index contributed by atoms with van der Waals surface area (Å²) >= 11 is 0. The molecule has 0 bridgehead atoms. The number of rotatable bonds is 6. The van der Waals surface area contributed by atoms with E-state index in [1.165, 1.54) is 38.5 Å². The molecule has 2 nitrogen and oxygen atoms in total. The third-order valence-corrected chi connectivity index (χ3v) is 4.63. The second kappa shape index (κ2) is 7.64. The van der Waals surface area contributed by atoms with E-state index < -0.39 is 0 Å². The predicted molar refractivity (Wildman–Crippen MR) is 85.6 cm³/mol. The molecule has 114 valence electrons. The van der Waals surface area contributed by atoms with Gasteiger partial charge in [0.2, 0.25) is 0 Å². The fourth-order valence-electron chi connectivity index (χ4n) is 3.20. The second-order valence-electron chi connectivity index (χ2n) is 7.76. The molecule has 1 fully saturated rings. The summed E-state index contributed by atoms with van der Waals surface area (Å²) in [7, 11) is 2.34. The van der Waals surface area contributed by atoms with Crippen LogP contribution in [0.1, 0.15) is 73.1 Å². The topological polar surface area (TPSA) is 15.3 Å². The van der Waals surface area contributed by atoms with Crippen molar-refractivity contribution in [3.63, 3.8) is 0 Å². The average Bonchev–Trinajstić information content (AvgIpc) is 2.32. The minimum Gasteiger partial charge on any atom is -0.312 e. The zero-order valence-corrected chi connectivity index (χ0v) is 14.1. The van der Waals surface area contributed by atoms with Crippen molar-refractivity contribution in [2.45, 2.75) is 90.8 Å². The first kappa shape index (κ1) is 17.0. The Balaban J connectivity index is 2.22. The zero-order valence-electron chi connectivity index (χ0n) is 14.1. The van der Waals surface area contributed by atoms with E-state index in [0.29, 0.717) is 0 Å². The SMILES string of the molecule is CC1CCCC(N(C)C(C)CCCNC(C)(C)C)C1. The molecule has 0 spiro atoms. The van der Waals surface area contributed by atoms with E-state index in [-0.39, 0.29) is 5.54 Å². The summed E-state index contributed by atoms with van der Waals surface area (Å²) in [6.45, 7) is 12.7. The van der Waals surface area contributed by atoms with Crippen molar-refractivity contribution in [1.29, 1.82) is 0 Å². The van der Waals surface area contributed by atoms with Crippen molar-refractivity contribution < 1.29 is 0 Å². The van der Waals surface area contributed by atoms with Crippen LogP contribution in [0.15, 0.2) is 0 Å². The Morgan fingerprint density at radius 1 is 1.26 bits per heavy atom. The highest BCUT2D eigenvalue weighted by atomic mass is 15.2. The normalized spacial score (nSPS) is 26.7. The molecule has 3 unspecified atom stereocenters. The van der Waals surface area contributed by atoms with E-state index in [9.17, 15) is 0 Å². The molecule has 3 atom stereocenters. The lowest BCUT2D eigenvalue weighted by Gasteiger charge is -2.38. The molecule has 0 amide bonds. The lowest BCUT2D eigenvalue weighted by Crippen LogP contribution is -2.42. The van der Waals surface area contributed by atoms with Crippen molar-refractivity contribution in [3.05, 3.63) is 0 Å². The molecule has 1 aliphatic rings. The minimum absolute atomic E-state index is 0.258. The van der Waals surface area contributed by atoms with Crippen LogP contribution in [0.2, 0.25) is 0 Å². The lowest BCUT2D eigenvalue weighted by atomic mass is 9.86. The highest BCUT2D eigenvalue weighted by molar-refractivity contribution is 4.80. The van der Waals surface area contributed by atoms with Crippen LogP contribution in [0.25, 0.3) is 0 Å². The Bertz CT molecular complexity index is 244. The van der Waals surface area contributed by atoms with E-state index in [1.807, 2.05) is 0 Å². The molecule has 0 heterocycles. The monoisotopic (exact) mass is 268 g/mol. The average molecular weight is 268 g/mol. The fourth-order valence-corrected chi connectivity index (χ4v) is 3.20. The van der Waals surface area contributed by atoms with Gasteiger partial charge in [0.25, 0.3) is 0 Å². The van der Waals surface area contributed by atoms with Crippen molar-refractivity contribution in [3.8, 4) is 0 Å². The van der Waals surface area contributed by atoms with Crippen LogP contribution >= 0.6 is 0 Å². The number of hydrogen-bond donors (Lipinski definition) is 1. The quantitative estimate of drug-likeness (QED) is 0.731. The lowest BCUT2D eigenvalue weighted by molar-refractivity contribution is 0.119. The Labute approximate surface area is 121 Å².